The Balaban J connectivity index is 2.14. The second kappa shape index (κ2) is 2.44. The summed E-state index contributed by atoms with van der Waals surface area (Å²) in [6.45, 7) is 0. The molecular formula is C2H2BN8. The van der Waals surface area contributed by atoms with Gasteiger partial charge in [0, 0.05) is 0 Å². The molecule has 0 atom stereocenters. The van der Waals surface area contributed by atoms with Gasteiger partial charge in [0.2, 0.25) is 0 Å². The second-order valence-electron chi connectivity index (χ2n) is 1.70. The topological polar surface area (TPSA) is 87.2 Å². The zero-order chi connectivity index (χ0) is 7.52. The fourth-order valence-corrected chi connectivity index (χ4v) is 0.564. The molecule has 1 radical (unpaired) electrons. The van der Waals surface area contributed by atoms with E-state index >= 15 is 0 Å². The van der Waals surface area contributed by atoms with Gasteiger partial charge in [-0.05, 0) is 10.4 Å². The highest BCUT2D eigenvalue weighted by molar-refractivity contribution is 6.30. The molecule has 0 bridgehead atoms. The first kappa shape index (κ1) is 5.95. The molecule has 0 saturated heterocycles. The first-order valence-electron chi connectivity index (χ1n) is 2.75. The maximum Gasteiger partial charge on any atom is 0.446 e. The van der Waals surface area contributed by atoms with Crippen molar-refractivity contribution in [3.8, 4) is 0 Å². The van der Waals surface area contributed by atoms with Crippen LogP contribution in [0.3, 0.4) is 0 Å². The van der Waals surface area contributed by atoms with Gasteiger partial charge in [0.25, 0.3) is 0 Å². The van der Waals surface area contributed by atoms with Gasteiger partial charge in [-0.2, -0.15) is 0 Å². The van der Waals surface area contributed by atoms with E-state index in [1.807, 2.05) is 0 Å². The zero-order valence-corrected chi connectivity index (χ0v) is 5.31. The van der Waals surface area contributed by atoms with Gasteiger partial charge >= 0.3 is 7.55 Å². The molecular weight excluding hydrogens is 147 g/mol. The highest BCUT2D eigenvalue weighted by Gasteiger charge is 1.99. The Labute approximate surface area is 61.5 Å². The van der Waals surface area contributed by atoms with E-state index in [1.165, 1.54) is 29.4 Å². The maximum absolute atomic E-state index is 3.57. The van der Waals surface area contributed by atoms with Gasteiger partial charge in [0.05, 0.1) is 0 Å². The van der Waals surface area contributed by atoms with Crippen LogP contribution >= 0.6 is 0 Å². The summed E-state index contributed by atoms with van der Waals surface area (Å²) in [7, 11) is 1.53. The Bertz CT molecular complexity index is 264. The highest BCUT2D eigenvalue weighted by atomic mass is 15.6. The van der Waals surface area contributed by atoms with Crippen LogP contribution in [0.15, 0.2) is 12.7 Å². The lowest BCUT2D eigenvalue weighted by Crippen LogP contribution is -2.18. The van der Waals surface area contributed by atoms with Crippen LogP contribution in [0, 0.1) is 0 Å². The first-order valence-corrected chi connectivity index (χ1v) is 2.75. The monoisotopic (exact) mass is 149 g/mol. The minimum Gasteiger partial charge on any atom is -0.255 e. The van der Waals surface area contributed by atoms with Gasteiger partial charge in [-0.25, -0.2) is 0 Å². The van der Waals surface area contributed by atoms with Crippen molar-refractivity contribution in [1.29, 1.82) is 0 Å². The van der Waals surface area contributed by atoms with Crippen molar-refractivity contribution in [2.45, 2.75) is 0 Å². The Kier molecular flexibility index (Phi) is 1.32. The fourth-order valence-electron chi connectivity index (χ4n) is 0.564. The van der Waals surface area contributed by atoms with Gasteiger partial charge in [-0.3, -0.25) is 9.19 Å². The molecule has 0 amide bonds. The minimum atomic E-state index is 1.39. The van der Waals surface area contributed by atoms with Crippen LogP contribution in [0.4, 0.5) is 0 Å². The summed E-state index contributed by atoms with van der Waals surface area (Å²) < 4.78 is 2.77. The molecule has 0 aliphatic carbocycles. The lowest BCUT2D eigenvalue weighted by molar-refractivity contribution is 0.787. The molecule has 0 aromatic carbocycles. The second-order valence-corrected chi connectivity index (χ2v) is 1.70. The Morgan fingerprint density at radius 1 is 0.909 bits per heavy atom. The SMILES string of the molecule is [B](n1cnnn1)n1cnnn1. The predicted octanol–water partition coefficient (Wildman–Crippen LogP) is -2.41. The van der Waals surface area contributed by atoms with Crippen LogP contribution in [0.5, 0.6) is 0 Å². The van der Waals surface area contributed by atoms with E-state index in [4.69, 9.17) is 0 Å². The molecule has 0 N–H and O–H groups in total. The number of nitrogens with zero attached hydrogens (tertiary/aromatic N) is 8. The smallest absolute Gasteiger partial charge is 0.255 e. The van der Waals surface area contributed by atoms with E-state index in [0.717, 1.165) is 0 Å². The molecule has 2 heterocycles. The average molecular weight is 149 g/mol. The lowest BCUT2D eigenvalue weighted by atomic mass is 10.2. The largest absolute Gasteiger partial charge is 0.446 e. The molecule has 0 unspecified atom stereocenters. The quantitative estimate of drug-likeness (QED) is 0.442. The zero-order valence-electron chi connectivity index (χ0n) is 5.31. The van der Waals surface area contributed by atoms with Crippen LogP contribution in [-0.2, 0) is 0 Å². The molecule has 11 heavy (non-hydrogen) atoms. The summed E-state index contributed by atoms with van der Waals surface area (Å²) in [6.07, 6.45) is 2.86. The van der Waals surface area contributed by atoms with Crippen LogP contribution in [0.2, 0.25) is 0 Å². The van der Waals surface area contributed by atoms with Gasteiger partial charge < -0.3 is 0 Å². The van der Waals surface area contributed by atoms with Crippen molar-refractivity contribution in [3.05, 3.63) is 12.7 Å². The third kappa shape index (κ3) is 1.20. The molecule has 8 nitrogen and oxygen atoms in total. The third-order valence-corrected chi connectivity index (χ3v) is 0.966. The first-order chi connectivity index (χ1) is 5.45. The highest BCUT2D eigenvalue weighted by Crippen LogP contribution is 1.73. The standard InChI is InChI=1S/C2H2BN8/c1-4-6-8-10(1)3-11-2-5-7-9-11/h1-2H. The van der Waals surface area contributed by atoms with Crippen molar-refractivity contribution in [3.63, 3.8) is 0 Å². The van der Waals surface area contributed by atoms with Gasteiger partial charge in [0.1, 0.15) is 12.7 Å². The molecule has 2 rings (SSSR count). The van der Waals surface area contributed by atoms with Gasteiger partial charge in [0.15, 0.2) is 0 Å². The van der Waals surface area contributed by atoms with Crippen molar-refractivity contribution in [2.24, 2.45) is 0 Å². The fraction of sp³-hybridized carbons (Fsp3) is 0. The van der Waals surface area contributed by atoms with Gasteiger partial charge in [-0.15, -0.1) is 10.2 Å². The van der Waals surface area contributed by atoms with Crippen LogP contribution in [0.1, 0.15) is 0 Å². The predicted molar refractivity (Wildman–Crippen MR) is 32.2 cm³/mol. The van der Waals surface area contributed by atoms with E-state index in [2.05, 4.69) is 31.1 Å². The molecule has 0 spiro atoms. The van der Waals surface area contributed by atoms with Crippen LogP contribution in [-0.4, -0.2) is 47.8 Å². The third-order valence-electron chi connectivity index (χ3n) is 0.966. The molecule has 0 saturated carbocycles. The van der Waals surface area contributed by atoms with E-state index < -0.39 is 0 Å². The van der Waals surface area contributed by atoms with E-state index in [1.54, 1.807) is 0 Å². The Morgan fingerprint density at radius 2 is 1.45 bits per heavy atom. The number of aromatic nitrogens is 8. The number of tetrazole rings is 2. The average Bonchev–Trinajstić information content (AvgIpc) is 2.60. The van der Waals surface area contributed by atoms with Crippen LogP contribution < -0.4 is 0 Å². The van der Waals surface area contributed by atoms with E-state index in [0.29, 0.717) is 0 Å². The lowest BCUT2D eigenvalue weighted by Gasteiger charge is -1.90. The van der Waals surface area contributed by atoms with Gasteiger partial charge in [-0.1, -0.05) is 10.4 Å². The molecule has 0 fully saturated rings. The molecule has 53 valence electrons. The van der Waals surface area contributed by atoms with Crippen molar-refractivity contribution in [1.82, 2.24) is 40.2 Å². The Morgan fingerprint density at radius 3 is 1.82 bits per heavy atom. The van der Waals surface area contributed by atoms with Crippen molar-refractivity contribution < 1.29 is 0 Å². The maximum atomic E-state index is 3.57. The molecule has 0 aliphatic rings. The summed E-state index contributed by atoms with van der Waals surface area (Å²) in [5.74, 6) is 0. The normalized spacial score (nSPS) is 9.82. The van der Waals surface area contributed by atoms with Crippen molar-refractivity contribution >= 4 is 7.55 Å². The molecule has 2 aromatic heterocycles. The number of hydrogen-bond acceptors (Lipinski definition) is 6. The Hall–Kier alpha value is -1.80. The number of hydrogen-bond donors (Lipinski definition) is 0. The number of rotatable bonds is 2. The summed E-state index contributed by atoms with van der Waals surface area (Å²) in [6, 6.07) is 0. The summed E-state index contributed by atoms with van der Waals surface area (Å²) in [4.78, 5) is 0. The summed E-state index contributed by atoms with van der Waals surface area (Å²) in [5, 5.41) is 20.8. The molecule has 2 aromatic rings. The van der Waals surface area contributed by atoms with E-state index in [9.17, 15) is 0 Å². The summed E-state index contributed by atoms with van der Waals surface area (Å²) >= 11 is 0. The molecule has 9 heteroatoms. The van der Waals surface area contributed by atoms with E-state index in [-0.39, 0.29) is 0 Å². The molecule has 0 aliphatic heterocycles. The van der Waals surface area contributed by atoms with Crippen molar-refractivity contribution in [2.75, 3.05) is 0 Å². The van der Waals surface area contributed by atoms with Crippen LogP contribution in [0.25, 0.3) is 0 Å². The minimum absolute atomic E-state index is 1.39. The summed E-state index contributed by atoms with van der Waals surface area (Å²) in [5.41, 5.74) is 0.